The third-order valence-corrected chi connectivity index (χ3v) is 3.12. The fourth-order valence-corrected chi connectivity index (χ4v) is 2.23. The van der Waals surface area contributed by atoms with Crippen molar-refractivity contribution >= 4 is 22.2 Å². The molecule has 0 saturated heterocycles. The second kappa shape index (κ2) is 5.75. The van der Waals surface area contributed by atoms with E-state index in [9.17, 15) is 4.21 Å². The van der Waals surface area contributed by atoms with Crippen molar-refractivity contribution in [2.75, 3.05) is 30.2 Å². The highest BCUT2D eigenvalue weighted by atomic mass is 32.2. The normalized spacial score (nSPS) is 14.2. The Kier molecular flexibility index (Phi) is 4.61. The first-order valence-corrected chi connectivity index (χ1v) is 6.75. The van der Waals surface area contributed by atoms with E-state index in [0.29, 0.717) is 11.4 Å². The van der Waals surface area contributed by atoms with Crippen LogP contribution in [-0.4, -0.2) is 29.4 Å². The predicted molar refractivity (Wildman–Crippen MR) is 69.4 cm³/mol. The van der Waals surface area contributed by atoms with E-state index in [0.717, 1.165) is 11.4 Å². The largest absolute Gasteiger partial charge is 0.497 e. The minimum Gasteiger partial charge on any atom is -0.497 e. The van der Waals surface area contributed by atoms with Gasteiger partial charge in [0.05, 0.1) is 18.5 Å². The molecule has 1 aromatic carbocycles. The molecule has 0 bridgehead atoms. The molecule has 0 spiro atoms. The molecule has 0 aliphatic carbocycles. The van der Waals surface area contributed by atoms with E-state index in [-0.39, 0.29) is 6.04 Å². The van der Waals surface area contributed by atoms with Gasteiger partial charge in [-0.15, -0.1) is 0 Å². The molecule has 0 amide bonds. The summed E-state index contributed by atoms with van der Waals surface area (Å²) < 4.78 is 16.2. The fraction of sp³-hybridized carbons (Fsp3) is 0.455. The zero-order valence-corrected chi connectivity index (χ0v) is 10.6. The molecule has 5 heteroatoms. The van der Waals surface area contributed by atoms with Crippen LogP contribution in [0.15, 0.2) is 18.2 Å². The van der Waals surface area contributed by atoms with Gasteiger partial charge < -0.3 is 15.8 Å². The van der Waals surface area contributed by atoms with Crippen molar-refractivity contribution in [3.05, 3.63) is 18.2 Å². The van der Waals surface area contributed by atoms with Gasteiger partial charge in [-0.25, -0.2) is 0 Å². The fourth-order valence-electron chi connectivity index (χ4n) is 1.45. The van der Waals surface area contributed by atoms with Crippen molar-refractivity contribution in [2.45, 2.75) is 13.0 Å². The average Bonchev–Trinajstić information content (AvgIpc) is 2.20. The average molecular weight is 242 g/mol. The number of rotatable bonds is 5. The lowest BCUT2D eigenvalue weighted by Gasteiger charge is -2.16. The van der Waals surface area contributed by atoms with Gasteiger partial charge >= 0.3 is 0 Å². The Morgan fingerprint density at radius 2 is 2.25 bits per heavy atom. The zero-order chi connectivity index (χ0) is 12.1. The van der Waals surface area contributed by atoms with Gasteiger partial charge in [0.2, 0.25) is 0 Å². The Balaban J connectivity index is 2.75. The zero-order valence-electron chi connectivity index (χ0n) is 9.82. The highest BCUT2D eigenvalue weighted by Gasteiger charge is 2.07. The van der Waals surface area contributed by atoms with Crippen LogP contribution in [0.3, 0.4) is 0 Å². The first-order chi connectivity index (χ1) is 7.52. The molecule has 16 heavy (non-hydrogen) atoms. The third kappa shape index (κ3) is 3.73. The number of methoxy groups -OCH3 is 1. The molecule has 1 aromatic rings. The molecule has 0 fully saturated rings. The number of anilines is 2. The van der Waals surface area contributed by atoms with Gasteiger partial charge in [-0.3, -0.25) is 4.21 Å². The summed E-state index contributed by atoms with van der Waals surface area (Å²) >= 11 is 0. The first-order valence-electron chi connectivity index (χ1n) is 5.03. The summed E-state index contributed by atoms with van der Waals surface area (Å²) in [5.41, 5.74) is 7.31. The Labute approximate surface area is 98.6 Å². The van der Waals surface area contributed by atoms with Crippen LogP contribution in [0.4, 0.5) is 11.4 Å². The SMILES string of the molecule is COc1ccc(N)c(NC(C)CS(C)=O)c1. The first kappa shape index (κ1) is 12.8. The van der Waals surface area contributed by atoms with E-state index in [1.165, 1.54) is 0 Å². The van der Waals surface area contributed by atoms with E-state index in [2.05, 4.69) is 5.32 Å². The standard InChI is InChI=1S/C11H18N2O2S/c1-8(7-16(3)14)13-11-6-9(15-2)4-5-10(11)12/h4-6,8,13H,7,12H2,1-3H3. The molecule has 0 radical (unpaired) electrons. The highest BCUT2D eigenvalue weighted by molar-refractivity contribution is 7.84. The van der Waals surface area contributed by atoms with Crippen molar-refractivity contribution in [3.8, 4) is 5.75 Å². The van der Waals surface area contributed by atoms with Gasteiger partial charge in [0, 0.05) is 34.9 Å². The van der Waals surface area contributed by atoms with Crippen LogP contribution < -0.4 is 15.8 Å². The lowest BCUT2D eigenvalue weighted by molar-refractivity contribution is 0.415. The summed E-state index contributed by atoms with van der Waals surface area (Å²) in [7, 11) is 0.793. The van der Waals surface area contributed by atoms with Crippen LogP contribution in [0.1, 0.15) is 6.92 Å². The molecule has 2 atom stereocenters. The van der Waals surface area contributed by atoms with Crippen LogP contribution in [0.2, 0.25) is 0 Å². The van der Waals surface area contributed by atoms with Crippen LogP contribution in [0.25, 0.3) is 0 Å². The van der Waals surface area contributed by atoms with Crippen molar-refractivity contribution in [1.82, 2.24) is 0 Å². The topological polar surface area (TPSA) is 64.3 Å². The van der Waals surface area contributed by atoms with E-state index >= 15 is 0 Å². The van der Waals surface area contributed by atoms with E-state index in [1.54, 1.807) is 19.4 Å². The molecule has 0 saturated carbocycles. The number of nitrogens with two attached hydrogens (primary N) is 1. The monoisotopic (exact) mass is 242 g/mol. The maximum atomic E-state index is 11.1. The molecule has 0 heterocycles. The Bertz CT molecular complexity index is 382. The van der Waals surface area contributed by atoms with E-state index < -0.39 is 10.8 Å². The number of nitrogen functional groups attached to an aromatic ring is 1. The van der Waals surface area contributed by atoms with Gasteiger partial charge in [0.1, 0.15) is 5.75 Å². The van der Waals surface area contributed by atoms with E-state index in [4.69, 9.17) is 10.5 Å². The van der Waals surface area contributed by atoms with Crippen LogP contribution in [0, 0.1) is 0 Å². The van der Waals surface area contributed by atoms with Gasteiger partial charge in [-0.2, -0.15) is 0 Å². The number of hydrogen-bond donors (Lipinski definition) is 2. The maximum absolute atomic E-state index is 11.1. The summed E-state index contributed by atoms with van der Waals surface area (Å²) in [5.74, 6) is 1.35. The molecular weight excluding hydrogens is 224 g/mol. The molecule has 0 aliphatic heterocycles. The number of benzene rings is 1. The van der Waals surface area contributed by atoms with Crippen LogP contribution in [0.5, 0.6) is 5.75 Å². The molecule has 2 unspecified atom stereocenters. The van der Waals surface area contributed by atoms with Gasteiger partial charge in [0.15, 0.2) is 0 Å². The number of ether oxygens (including phenoxy) is 1. The number of hydrogen-bond acceptors (Lipinski definition) is 4. The lowest BCUT2D eigenvalue weighted by atomic mass is 10.2. The highest BCUT2D eigenvalue weighted by Crippen LogP contribution is 2.24. The Morgan fingerprint density at radius 1 is 1.56 bits per heavy atom. The van der Waals surface area contributed by atoms with Gasteiger partial charge in [0.25, 0.3) is 0 Å². The summed E-state index contributed by atoms with van der Waals surface area (Å²) in [6, 6.07) is 5.55. The van der Waals surface area contributed by atoms with Crippen LogP contribution in [-0.2, 0) is 10.8 Å². The molecule has 90 valence electrons. The summed E-state index contributed by atoms with van der Waals surface area (Å²) in [6.45, 7) is 1.97. The Morgan fingerprint density at radius 3 is 2.81 bits per heavy atom. The lowest BCUT2D eigenvalue weighted by Crippen LogP contribution is -2.22. The molecule has 0 aromatic heterocycles. The van der Waals surface area contributed by atoms with Gasteiger partial charge in [-0.05, 0) is 19.1 Å². The molecule has 0 aliphatic rings. The quantitative estimate of drug-likeness (QED) is 0.767. The molecule has 1 rings (SSSR count). The van der Waals surface area contributed by atoms with Crippen molar-refractivity contribution < 1.29 is 8.95 Å². The summed E-state index contributed by atoms with van der Waals surface area (Å²) in [5, 5.41) is 3.22. The summed E-state index contributed by atoms with van der Waals surface area (Å²) in [4.78, 5) is 0. The molecule has 3 N–H and O–H groups in total. The van der Waals surface area contributed by atoms with Crippen molar-refractivity contribution in [2.24, 2.45) is 0 Å². The van der Waals surface area contributed by atoms with Gasteiger partial charge in [-0.1, -0.05) is 0 Å². The smallest absolute Gasteiger partial charge is 0.121 e. The van der Waals surface area contributed by atoms with Crippen LogP contribution >= 0.6 is 0 Å². The van der Waals surface area contributed by atoms with Crippen molar-refractivity contribution in [1.29, 1.82) is 0 Å². The molecule has 4 nitrogen and oxygen atoms in total. The van der Waals surface area contributed by atoms with Crippen molar-refractivity contribution in [3.63, 3.8) is 0 Å². The third-order valence-electron chi connectivity index (χ3n) is 2.15. The minimum atomic E-state index is -0.818. The Hall–Kier alpha value is -1.23. The summed E-state index contributed by atoms with van der Waals surface area (Å²) in [6.07, 6.45) is 1.69. The predicted octanol–water partition coefficient (Wildman–Crippen LogP) is 1.46. The second-order valence-corrected chi connectivity index (χ2v) is 5.22. The van der Waals surface area contributed by atoms with E-state index in [1.807, 2.05) is 19.1 Å². The maximum Gasteiger partial charge on any atom is 0.121 e. The second-order valence-electron chi connectivity index (χ2n) is 3.74. The number of nitrogens with one attached hydrogen (secondary N) is 1. The molecular formula is C11H18N2O2S. The minimum absolute atomic E-state index is 0.111.